The summed E-state index contributed by atoms with van der Waals surface area (Å²) < 4.78 is 0. The first-order chi connectivity index (χ1) is 6.74. The summed E-state index contributed by atoms with van der Waals surface area (Å²) in [6, 6.07) is 10.0. The van der Waals surface area contributed by atoms with Crippen LogP contribution in [0.1, 0.15) is 5.56 Å². The van der Waals surface area contributed by atoms with Crippen LogP contribution >= 0.6 is 0 Å². The zero-order valence-corrected chi connectivity index (χ0v) is 8.23. The average Bonchev–Trinajstić information content (AvgIpc) is 2.26. The molecule has 0 bridgehead atoms. The van der Waals surface area contributed by atoms with Gasteiger partial charge < -0.3 is 4.90 Å². The molecule has 1 aromatic rings. The number of carbonyl (C=O) groups is 1. The molecule has 1 rings (SSSR count). The van der Waals surface area contributed by atoms with E-state index in [0.29, 0.717) is 6.54 Å². The molecule has 14 heavy (non-hydrogen) atoms. The number of hydrogen-bond acceptors (Lipinski definition) is 1. The third kappa shape index (κ3) is 2.95. The van der Waals surface area contributed by atoms with E-state index in [2.05, 4.69) is 5.92 Å². The van der Waals surface area contributed by atoms with Crippen LogP contribution in [0.4, 0.5) is 0 Å². The van der Waals surface area contributed by atoms with Crippen molar-refractivity contribution in [2.75, 3.05) is 13.6 Å². The van der Waals surface area contributed by atoms with Gasteiger partial charge in [0.15, 0.2) is 0 Å². The first-order valence-corrected chi connectivity index (χ1v) is 4.49. The van der Waals surface area contributed by atoms with E-state index in [0.717, 1.165) is 6.42 Å². The van der Waals surface area contributed by atoms with Crippen LogP contribution in [0.5, 0.6) is 0 Å². The van der Waals surface area contributed by atoms with Crippen molar-refractivity contribution in [1.82, 2.24) is 4.90 Å². The van der Waals surface area contributed by atoms with E-state index in [1.165, 1.54) is 5.56 Å². The Morgan fingerprint density at radius 3 is 2.64 bits per heavy atom. The minimum absolute atomic E-state index is 0.263. The van der Waals surface area contributed by atoms with Crippen molar-refractivity contribution < 1.29 is 4.79 Å². The van der Waals surface area contributed by atoms with Crippen LogP contribution in [0.3, 0.4) is 0 Å². The molecule has 0 spiro atoms. The molecule has 72 valence electrons. The zero-order chi connectivity index (χ0) is 10.4. The van der Waals surface area contributed by atoms with Gasteiger partial charge in [0.2, 0.25) is 0 Å². The van der Waals surface area contributed by atoms with Crippen molar-refractivity contribution in [1.29, 1.82) is 0 Å². The van der Waals surface area contributed by atoms with E-state index < -0.39 is 0 Å². The zero-order valence-electron chi connectivity index (χ0n) is 8.23. The summed E-state index contributed by atoms with van der Waals surface area (Å²) in [6.45, 7) is 0.660. The topological polar surface area (TPSA) is 20.3 Å². The van der Waals surface area contributed by atoms with E-state index in [4.69, 9.17) is 6.42 Å². The summed E-state index contributed by atoms with van der Waals surface area (Å²) in [7, 11) is 1.71. The van der Waals surface area contributed by atoms with Crippen LogP contribution < -0.4 is 0 Å². The molecule has 1 aromatic carbocycles. The Hall–Kier alpha value is -1.75. The third-order valence-corrected chi connectivity index (χ3v) is 2.05. The number of nitrogens with zero attached hydrogens (tertiary/aromatic N) is 1. The van der Waals surface area contributed by atoms with Crippen molar-refractivity contribution in [3.63, 3.8) is 0 Å². The number of likely N-dealkylation sites (N-methyl/N-ethyl adjacent to an activating group) is 1. The fourth-order valence-electron chi connectivity index (χ4n) is 1.15. The summed E-state index contributed by atoms with van der Waals surface area (Å²) in [5, 5.41) is 0. The van der Waals surface area contributed by atoms with E-state index in [9.17, 15) is 4.79 Å². The molecule has 0 atom stereocenters. The molecule has 0 aromatic heterocycles. The Balaban J connectivity index is 2.43. The molecule has 0 fully saturated rings. The van der Waals surface area contributed by atoms with Gasteiger partial charge in [-0.25, -0.2) is 0 Å². The molecule has 0 aliphatic rings. The van der Waals surface area contributed by atoms with Gasteiger partial charge in [-0.1, -0.05) is 30.3 Å². The highest BCUT2D eigenvalue weighted by Crippen LogP contribution is 2.00. The van der Waals surface area contributed by atoms with Gasteiger partial charge in [0.05, 0.1) is 0 Å². The van der Waals surface area contributed by atoms with Crippen molar-refractivity contribution in [3.05, 3.63) is 35.9 Å². The lowest BCUT2D eigenvalue weighted by molar-refractivity contribution is -0.123. The molecule has 0 aliphatic carbocycles. The largest absolute Gasteiger partial charge is 0.335 e. The van der Waals surface area contributed by atoms with Crippen molar-refractivity contribution in [3.8, 4) is 12.3 Å². The third-order valence-electron chi connectivity index (χ3n) is 2.05. The maximum absolute atomic E-state index is 11.0. The van der Waals surface area contributed by atoms with E-state index >= 15 is 0 Å². The first-order valence-electron chi connectivity index (χ1n) is 4.49. The van der Waals surface area contributed by atoms with Crippen molar-refractivity contribution in [2.45, 2.75) is 6.42 Å². The first kappa shape index (κ1) is 10.3. The van der Waals surface area contributed by atoms with E-state index in [1.807, 2.05) is 30.3 Å². The maximum atomic E-state index is 11.0. The molecule has 1 amide bonds. The Labute approximate surface area is 84.5 Å². The standard InChI is InChI=1S/C12H13NO/c1-3-12(14)13(2)10-9-11-7-5-4-6-8-11/h1,4-8H,9-10H2,2H3. The second-order valence-electron chi connectivity index (χ2n) is 3.11. The lowest BCUT2D eigenvalue weighted by atomic mass is 10.1. The minimum Gasteiger partial charge on any atom is -0.335 e. The maximum Gasteiger partial charge on any atom is 0.297 e. The second kappa shape index (κ2) is 5.08. The van der Waals surface area contributed by atoms with Gasteiger partial charge >= 0.3 is 0 Å². The van der Waals surface area contributed by atoms with Crippen LogP contribution in [0, 0.1) is 12.3 Å². The summed E-state index contributed by atoms with van der Waals surface area (Å²) in [5.41, 5.74) is 1.21. The molecule has 0 aliphatic heterocycles. The lowest BCUT2D eigenvalue weighted by Crippen LogP contribution is -2.27. The summed E-state index contributed by atoms with van der Waals surface area (Å²) in [4.78, 5) is 12.6. The number of carbonyl (C=O) groups excluding carboxylic acids is 1. The molecule has 0 saturated carbocycles. The van der Waals surface area contributed by atoms with Gasteiger partial charge in [0.1, 0.15) is 0 Å². The number of hydrogen-bond donors (Lipinski definition) is 0. The van der Waals surface area contributed by atoms with E-state index in [-0.39, 0.29) is 5.91 Å². The van der Waals surface area contributed by atoms with Crippen LogP contribution in [-0.4, -0.2) is 24.4 Å². The molecule has 0 radical (unpaired) electrons. The molecule has 0 unspecified atom stereocenters. The fraction of sp³-hybridized carbons (Fsp3) is 0.250. The van der Waals surface area contributed by atoms with E-state index in [1.54, 1.807) is 11.9 Å². The van der Waals surface area contributed by atoms with Gasteiger partial charge in [-0.3, -0.25) is 4.79 Å². The van der Waals surface area contributed by atoms with Crippen LogP contribution in [0.15, 0.2) is 30.3 Å². The predicted molar refractivity (Wildman–Crippen MR) is 56.6 cm³/mol. The molecule has 0 saturated heterocycles. The number of amides is 1. The van der Waals surface area contributed by atoms with Gasteiger partial charge in [0.25, 0.3) is 5.91 Å². The van der Waals surface area contributed by atoms with Crippen LogP contribution in [0.2, 0.25) is 0 Å². The van der Waals surface area contributed by atoms with Gasteiger partial charge in [0, 0.05) is 13.6 Å². The Morgan fingerprint density at radius 2 is 2.07 bits per heavy atom. The molecule has 2 heteroatoms. The number of terminal acetylenes is 1. The number of benzene rings is 1. The second-order valence-corrected chi connectivity index (χ2v) is 3.11. The quantitative estimate of drug-likeness (QED) is 0.653. The van der Waals surface area contributed by atoms with Gasteiger partial charge in [-0.2, -0.15) is 0 Å². The van der Waals surface area contributed by atoms with Crippen molar-refractivity contribution in [2.24, 2.45) is 0 Å². The molecule has 0 N–H and O–H groups in total. The Bertz CT molecular complexity index is 337. The molecule has 2 nitrogen and oxygen atoms in total. The highest BCUT2D eigenvalue weighted by Gasteiger charge is 2.03. The normalized spacial score (nSPS) is 9.14. The SMILES string of the molecule is C#CC(=O)N(C)CCc1ccccc1. The average molecular weight is 187 g/mol. The van der Waals surface area contributed by atoms with Gasteiger partial charge in [-0.15, -0.1) is 6.42 Å². The Morgan fingerprint density at radius 1 is 1.43 bits per heavy atom. The minimum atomic E-state index is -0.263. The fourth-order valence-corrected chi connectivity index (χ4v) is 1.15. The van der Waals surface area contributed by atoms with Crippen LogP contribution in [-0.2, 0) is 11.2 Å². The summed E-state index contributed by atoms with van der Waals surface area (Å²) >= 11 is 0. The monoisotopic (exact) mass is 187 g/mol. The highest BCUT2D eigenvalue weighted by molar-refractivity contribution is 5.92. The summed E-state index contributed by atoms with van der Waals surface area (Å²) in [5.74, 6) is 1.82. The number of rotatable bonds is 3. The predicted octanol–water partition coefficient (Wildman–Crippen LogP) is 1.32. The smallest absolute Gasteiger partial charge is 0.297 e. The molecular weight excluding hydrogens is 174 g/mol. The van der Waals surface area contributed by atoms with Gasteiger partial charge in [-0.05, 0) is 17.9 Å². The molecule has 0 heterocycles. The van der Waals surface area contributed by atoms with Crippen molar-refractivity contribution >= 4 is 5.91 Å². The highest BCUT2D eigenvalue weighted by atomic mass is 16.2. The summed E-state index contributed by atoms with van der Waals surface area (Å²) in [6.07, 6.45) is 5.84. The molecular formula is C12H13NO. The van der Waals surface area contributed by atoms with Crippen LogP contribution in [0.25, 0.3) is 0 Å². The lowest BCUT2D eigenvalue weighted by Gasteiger charge is -2.13. The Kier molecular flexibility index (Phi) is 3.75.